The highest BCUT2D eigenvalue weighted by atomic mass is 127. The maximum atomic E-state index is 4.29. The highest BCUT2D eigenvalue weighted by Gasteiger charge is 1.96. The van der Waals surface area contributed by atoms with Crippen molar-refractivity contribution in [3.8, 4) is 0 Å². The quantitative estimate of drug-likeness (QED) is 0.553. The molecule has 0 N–H and O–H groups in total. The molecule has 0 unspecified atom stereocenters. The molecule has 0 fully saturated rings. The highest BCUT2D eigenvalue weighted by molar-refractivity contribution is 14.1. The van der Waals surface area contributed by atoms with Gasteiger partial charge in [-0.2, -0.15) is 0 Å². The normalized spacial score (nSPS) is 10.5. The number of thiol groups is 1. The molecular weight excluding hydrogens is 279 g/mol. The molecule has 0 saturated carbocycles. The number of halogens is 1. The standard InChI is InChI=1S/C10H7IS/c11-10-3-1-2-7-6-8(12)4-5-9(7)10/h1-6,12H. The van der Waals surface area contributed by atoms with E-state index in [1.165, 1.54) is 14.3 Å². The monoisotopic (exact) mass is 286 g/mol. The van der Waals surface area contributed by atoms with Crippen LogP contribution in [0.4, 0.5) is 0 Å². The molecule has 0 aliphatic heterocycles. The third-order valence-electron chi connectivity index (χ3n) is 1.81. The second-order valence-electron chi connectivity index (χ2n) is 2.65. The van der Waals surface area contributed by atoms with Crippen molar-refractivity contribution in [2.75, 3.05) is 0 Å². The Kier molecular flexibility index (Phi) is 2.28. The summed E-state index contributed by atoms with van der Waals surface area (Å²) in [6.07, 6.45) is 0. The molecule has 60 valence electrons. The van der Waals surface area contributed by atoms with E-state index >= 15 is 0 Å². The fourth-order valence-corrected chi connectivity index (χ4v) is 2.14. The van der Waals surface area contributed by atoms with E-state index in [4.69, 9.17) is 0 Å². The number of benzene rings is 2. The summed E-state index contributed by atoms with van der Waals surface area (Å²) in [5.41, 5.74) is 0. The molecule has 2 rings (SSSR count). The van der Waals surface area contributed by atoms with Crippen LogP contribution in [0.2, 0.25) is 0 Å². The Bertz CT molecular complexity index is 423. The van der Waals surface area contributed by atoms with Crippen molar-refractivity contribution in [2.45, 2.75) is 4.90 Å². The van der Waals surface area contributed by atoms with Crippen molar-refractivity contribution < 1.29 is 0 Å². The first-order valence-electron chi connectivity index (χ1n) is 3.64. The van der Waals surface area contributed by atoms with Gasteiger partial charge in [0.1, 0.15) is 0 Å². The second kappa shape index (κ2) is 3.26. The second-order valence-corrected chi connectivity index (χ2v) is 4.32. The van der Waals surface area contributed by atoms with Crippen molar-refractivity contribution in [2.24, 2.45) is 0 Å². The molecule has 2 aromatic rings. The molecule has 0 heterocycles. The topological polar surface area (TPSA) is 0 Å². The zero-order chi connectivity index (χ0) is 8.55. The van der Waals surface area contributed by atoms with E-state index in [0.29, 0.717) is 0 Å². The molecule has 0 bridgehead atoms. The van der Waals surface area contributed by atoms with Crippen LogP contribution in [-0.2, 0) is 0 Å². The van der Waals surface area contributed by atoms with Crippen molar-refractivity contribution in [3.63, 3.8) is 0 Å². The molecule has 0 nitrogen and oxygen atoms in total. The highest BCUT2D eigenvalue weighted by Crippen LogP contribution is 2.22. The lowest BCUT2D eigenvalue weighted by atomic mass is 10.1. The SMILES string of the molecule is Sc1ccc2c(I)cccc2c1. The van der Waals surface area contributed by atoms with E-state index in [9.17, 15) is 0 Å². The first kappa shape index (κ1) is 8.38. The van der Waals surface area contributed by atoms with Gasteiger partial charge in [0.15, 0.2) is 0 Å². The number of rotatable bonds is 0. The molecule has 2 heteroatoms. The Morgan fingerprint density at radius 3 is 2.75 bits per heavy atom. The Morgan fingerprint density at radius 1 is 1.08 bits per heavy atom. The maximum absolute atomic E-state index is 4.29. The maximum Gasteiger partial charge on any atom is 0.0208 e. The minimum absolute atomic E-state index is 1.02. The molecule has 0 saturated heterocycles. The molecule has 12 heavy (non-hydrogen) atoms. The zero-order valence-corrected chi connectivity index (χ0v) is 9.34. The van der Waals surface area contributed by atoms with Crippen LogP contribution in [0.5, 0.6) is 0 Å². The van der Waals surface area contributed by atoms with E-state index in [1.54, 1.807) is 0 Å². The fourth-order valence-electron chi connectivity index (χ4n) is 1.23. The number of hydrogen-bond acceptors (Lipinski definition) is 1. The predicted octanol–water partition coefficient (Wildman–Crippen LogP) is 3.73. The van der Waals surface area contributed by atoms with Gasteiger partial charge < -0.3 is 0 Å². The lowest BCUT2D eigenvalue weighted by Crippen LogP contribution is -1.76. The fraction of sp³-hybridized carbons (Fsp3) is 0. The van der Waals surface area contributed by atoms with E-state index in [1.807, 2.05) is 6.07 Å². The number of hydrogen-bond donors (Lipinski definition) is 1. The summed E-state index contributed by atoms with van der Waals surface area (Å²) in [4.78, 5) is 1.02. The molecule has 0 spiro atoms. The van der Waals surface area contributed by atoms with Crippen LogP contribution in [0.1, 0.15) is 0 Å². The summed E-state index contributed by atoms with van der Waals surface area (Å²) >= 11 is 6.64. The summed E-state index contributed by atoms with van der Waals surface area (Å²) in [7, 11) is 0. The molecule has 2 aromatic carbocycles. The Hall–Kier alpha value is -0.220. The average Bonchev–Trinajstić information content (AvgIpc) is 2.04. The Balaban J connectivity index is 2.86. The van der Waals surface area contributed by atoms with E-state index < -0.39 is 0 Å². The first-order chi connectivity index (χ1) is 5.77. The van der Waals surface area contributed by atoms with Crippen LogP contribution in [-0.4, -0.2) is 0 Å². The summed E-state index contributed by atoms with van der Waals surface area (Å²) in [6.45, 7) is 0. The molecule has 0 aliphatic carbocycles. The molecule has 0 aliphatic rings. The van der Waals surface area contributed by atoms with Gasteiger partial charge in [-0.15, -0.1) is 12.6 Å². The van der Waals surface area contributed by atoms with Crippen LogP contribution in [0.25, 0.3) is 10.8 Å². The summed E-state index contributed by atoms with van der Waals surface area (Å²) in [5.74, 6) is 0. The van der Waals surface area contributed by atoms with Gasteiger partial charge in [0.25, 0.3) is 0 Å². The summed E-state index contributed by atoms with van der Waals surface area (Å²) < 4.78 is 1.29. The third kappa shape index (κ3) is 1.45. The van der Waals surface area contributed by atoms with Crippen LogP contribution in [0, 0.1) is 3.57 Å². The van der Waals surface area contributed by atoms with Gasteiger partial charge in [0.05, 0.1) is 0 Å². The number of fused-ring (bicyclic) bond motifs is 1. The van der Waals surface area contributed by atoms with Crippen molar-refractivity contribution in [1.29, 1.82) is 0 Å². The van der Waals surface area contributed by atoms with Gasteiger partial charge in [-0.25, -0.2) is 0 Å². The first-order valence-corrected chi connectivity index (χ1v) is 5.17. The minimum Gasteiger partial charge on any atom is -0.143 e. The van der Waals surface area contributed by atoms with E-state index in [2.05, 4.69) is 65.6 Å². The Labute approximate surface area is 90.5 Å². The smallest absolute Gasteiger partial charge is 0.0208 e. The summed E-state index contributed by atoms with van der Waals surface area (Å²) in [6, 6.07) is 12.5. The van der Waals surface area contributed by atoms with E-state index in [-0.39, 0.29) is 0 Å². The third-order valence-corrected chi connectivity index (χ3v) is 3.03. The minimum atomic E-state index is 1.02. The van der Waals surface area contributed by atoms with Crippen molar-refractivity contribution in [1.82, 2.24) is 0 Å². The lowest BCUT2D eigenvalue weighted by molar-refractivity contribution is 1.52. The molecule has 0 amide bonds. The van der Waals surface area contributed by atoms with Gasteiger partial charge in [-0.1, -0.05) is 18.2 Å². The molecule has 0 atom stereocenters. The van der Waals surface area contributed by atoms with Crippen molar-refractivity contribution >= 4 is 46.0 Å². The summed E-state index contributed by atoms with van der Waals surface area (Å²) in [5, 5.41) is 2.56. The zero-order valence-electron chi connectivity index (χ0n) is 6.29. The van der Waals surface area contributed by atoms with Crippen LogP contribution in [0.3, 0.4) is 0 Å². The van der Waals surface area contributed by atoms with Crippen LogP contribution < -0.4 is 0 Å². The van der Waals surface area contributed by atoms with Gasteiger partial charge in [-0.05, 0) is 51.6 Å². The van der Waals surface area contributed by atoms with Crippen LogP contribution in [0.15, 0.2) is 41.3 Å². The molecular formula is C10H7IS. The average molecular weight is 286 g/mol. The predicted molar refractivity (Wildman–Crippen MR) is 63.9 cm³/mol. The Morgan fingerprint density at radius 2 is 1.92 bits per heavy atom. The van der Waals surface area contributed by atoms with Gasteiger partial charge in [0.2, 0.25) is 0 Å². The molecule has 0 aromatic heterocycles. The largest absolute Gasteiger partial charge is 0.143 e. The van der Waals surface area contributed by atoms with Gasteiger partial charge in [-0.3, -0.25) is 0 Å². The molecule has 0 radical (unpaired) electrons. The van der Waals surface area contributed by atoms with Gasteiger partial charge >= 0.3 is 0 Å². The van der Waals surface area contributed by atoms with E-state index in [0.717, 1.165) is 4.90 Å². The van der Waals surface area contributed by atoms with Crippen molar-refractivity contribution in [3.05, 3.63) is 40.0 Å². The lowest BCUT2D eigenvalue weighted by Gasteiger charge is -2.00. The van der Waals surface area contributed by atoms with Crippen LogP contribution >= 0.6 is 35.2 Å². The van der Waals surface area contributed by atoms with Gasteiger partial charge in [0, 0.05) is 8.47 Å².